The highest BCUT2D eigenvalue weighted by molar-refractivity contribution is 5.98. The molecule has 0 fully saturated rings. The number of nitrogens with zero attached hydrogens (tertiary/aromatic N) is 1. The van der Waals surface area contributed by atoms with Gasteiger partial charge in [0.1, 0.15) is 5.75 Å². The summed E-state index contributed by atoms with van der Waals surface area (Å²) in [7, 11) is 1.67. The summed E-state index contributed by atoms with van der Waals surface area (Å²) < 4.78 is 5.37. The van der Waals surface area contributed by atoms with Gasteiger partial charge in [-0.1, -0.05) is 13.0 Å². The van der Waals surface area contributed by atoms with Crippen LogP contribution in [0.1, 0.15) is 46.3 Å². The molecule has 29 heavy (non-hydrogen) atoms. The Labute approximate surface area is 171 Å². The van der Waals surface area contributed by atoms with Gasteiger partial charge < -0.3 is 20.7 Å². The number of methoxy groups -OCH3 is 1. The Morgan fingerprint density at radius 1 is 1.17 bits per heavy atom. The first-order valence-corrected chi connectivity index (χ1v) is 10.1. The maximum absolute atomic E-state index is 13.3. The number of anilines is 1. The van der Waals surface area contributed by atoms with E-state index in [4.69, 9.17) is 10.5 Å². The van der Waals surface area contributed by atoms with E-state index in [0.717, 1.165) is 23.4 Å². The quantitative estimate of drug-likeness (QED) is 0.822. The molecule has 0 radical (unpaired) electrons. The molecule has 3 N–H and O–H groups in total. The summed E-state index contributed by atoms with van der Waals surface area (Å²) in [4.78, 5) is 27.1. The Bertz CT molecular complexity index is 956. The van der Waals surface area contributed by atoms with E-state index >= 15 is 0 Å². The molecule has 152 valence electrons. The number of hydrogen-bond donors (Lipinski definition) is 2. The van der Waals surface area contributed by atoms with Gasteiger partial charge in [-0.3, -0.25) is 9.59 Å². The Kier molecular flexibility index (Phi) is 5.28. The molecule has 2 heterocycles. The third-order valence-corrected chi connectivity index (χ3v) is 5.99. The first kappa shape index (κ1) is 19.5. The van der Waals surface area contributed by atoms with Crippen LogP contribution in [-0.2, 0) is 17.6 Å². The van der Waals surface area contributed by atoms with Crippen molar-refractivity contribution >= 4 is 17.5 Å². The van der Waals surface area contributed by atoms with E-state index in [1.54, 1.807) is 13.2 Å². The summed E-state index contributed by atoms with van der Waals surface area (Å²) in [5, 5.41) is 2.86. The minimum Gasteiger partial charge on any atom is -0.497 e. The van der Waals surface area contributed by atoms with Gasteiger partial charge in [0, 0.05) is 24.3 Å². The second-order valence-electron chi connectivity index (χ2n) is 7.97. The second-order valence-corrected chi connectivity index (χ2v) is 7.97. The van der Waals surface area contributed by atoms with Crippen LogP contribution < -0.4 is 15.8 Å². The number of hydrogen-bond acceptors (Lipinski definition) is 4. The molecule has 0 saturated heterocycles. The second kappa shape index (κ2) is 7.87. The van der Waals surface area contributed by atoms with Gasteiger partial charge in [0.2, 0.25) is 5.91 Å². The summed E-state index contributed by atoms with van der Waals surface area (Å²) in [5.41, 5.74) is 10.8. The van der Waals surface area contributed by atoms with Crippen LogP contribution in [0.25, 0.3) is 0 Å². The van der Waals surface area contributed by atoms with Crippen LogP contribution in [0, 0.1) is 0 Å². The SMILES string of the molecule is COc1ccc2c(c1)C(C)CN(C(=O)c1ccc3c(c1)CCC(N)C(=O)N3)CC2. The summed E-state index contributed by atoms with van der Waals surface area (Å²) in [6.07, 6.45) is 2.08. The van der Waals surface area contributed by atoms with Gasteiger partial charge in [-0.2, -0.15) is 0 Å². The van der Waals surface area contributed by atoms with E-state index in [2.05, 4.69) is 24.4 Å². The van der Waals surface area contributed by atoms with Crippen molar-refractivity contribution in [3.05, 3.63) is 58.7 Å². The molecule has 4 rings (SSSR count). The van der Waals surface area contributed by atoms with Crippen molar-refractivity contribution < 1.29 is 14.3 Å². The molecule has 2 atom stereocenters. The molecule has 0 spiro atoms. The number of rotatable bonds is 2. The van der Waals surface area contributed by atoms with Crippen LogP contribution in [0.5, 0.6) is 5.75 Å². The van der Waals surface area contributed by atoms with Crippen molar-refractivity contribution in [1.29, 1.82) is 0 Å². The number of amides is 2. The number of nitrogens with two attached hydrogens (primary N) is 1. The lowest BCUT2D eigenvalue weighted by Gasteiger charge is -2.24. The van der Waals surface area contributed by atoms with Gasteiger partial charge in [0.25, 0.3) is 5.91 Å². The summed E-state index contributed by atoms with van der Waals surface area (Å²) >= 11 is 0. The lowest BCUT2D eigenvalue weighted by Crippen LogP contribution is -2.34. The predicted octanol–water partition coefficient (Wildman–Crippen LogP) is 2.71. The minimum atomic E-state index is -0.511. The van der Waals surface area contributed by atoms with E-state index in [1.165, 1.54) is 11.1 Å². The first-order valence-electron chi connectivity index (χ1n) is 10.1. The van der Waals surface area contributed by atoms with E-state index in [-0.39, 0.29) is 17.7 Å². The third kappa shape index (κ3) is 3.85. The topological polar surface area (TPSA) is 84.7 Å². The highest BCUT2D eigenvalue weighted by Crippen LogP contribution is 2.30. The van der Waals surface area contributed by atoms with Gasteiger partial charge in [-0.15, -0.1) is 0 Å². The average Bonchev–Trinajstić information content (AvgIpc) is 2.99. The molecule has 2 unspecified atom stereocenters. The van der Waals surface area contributed by atoms with Crippen molar-refractivity contribution in [1.82, 2.24) is 4.90 Å². The molecule has 2 aromatic rings. The van der Waals surface area contributed by atoms with Crippen molar-refractivity contribution in [2.24, 2.45) is 5.73 Å². The minimum absolute atomic E-state index is 0.0271. The van der Waals surface area contributed by atoms with E-state index in [9.17, 15) is 9.59 Å². The third-order valence-electron chi connectivity index (χ3n) is 5.99. The summed E-state index contributed by atoms with van der Waals surface area (Å²) in [5.74, 6) is 0.933. The summed E-state index contributed by atoms with van der Waals surface area (Å²) in [6.45, 7) is 3.50. The number of carbonyl (C=O) groups is 2. The number of aryl methyl sites for hydroxylation is 1. The highest BCUT2D eigenvalue weighted by Gasteiger charge is 2.26. The molecule has 0 saturated carbocycles. The summed E-state index contributed by atoms with van der Waals surface area (Å²) in [6, 6.07) is 11.2. The van der Waals surface area contributed by atoms with Crippen molar-refractivity contribution in [3.63, 3.8) is 0 Å². The van der Waals surface area contributed by atoms with E-state index in [1.807, 2.05) is 23.1 Å². The maximum atomic E-state index is 13.3. The van der Waals surface area contributed by atoms with Crippen LogP contribution in [0.4, 0.5) is 5.69 Å². The standard InChI is InChI=1S/C23H27N3O3/c1-14-13-26(10-9-15-3-6-18(29-2)12-19(14)15)23(28)17-5-8-21-16(11-17)4-7-20(24)22(27)25-21/h3,5-6,8,11-12,14,20H,4,7,9-10,13,24H2,1-2H3,(H,25,27). The normalized spacial score (nSPS) is 21.3. The lowest BCUT2D eigenvalue weighted by atomic mass is 9.95. The monoisotopic (exact) mass is 393 g/mol. The predicted molar refractivity (Wildman–Crippen MR) is 112 cm³/mol. The number of fused-ring (bicyclic) bond motifs is 2. The molecule has 0 aromatic heterocycles. The average molecular weight is 393 g/mol. The molecule has 6 nitrogen and oxygen atoms in total. The van der Waals surface area contributed by atoms with Gasteiger partial charge in [-0.05, 0) is 72.2 Å². The number of benzene rings is 2. The van der Waals surface area contributed by atoms with Crippen molar-refractivity contribution in [2.45, 2.75) is 38.1 Å². The number of nitrogens with one attached hydrogen (secondary N) is 1. The Morgan fingerprint density at radius 2 is 2.00 bits per heavy atom. The van der Waals surface area contributed by atoms with Gasteiger partial charge in [-0.25, -0.2) is 0 Å². The zero-order valence-electron chi connectivity index (χ0n) is 16.9. The molecule has 2 aromatic carbocycles. The zero-order chi connectivity index (χ0) is 20.5. The van der Waals surface area contributed by atoms with Crippen molar-refractivity contribution in [2.75, 3.05) is 25.5 Å². The molecule has 2 aliphatic rings. The number of ether oxygens (including phenoxy) is 1. The molecule has 0 bridgehead atoms. The lowest BCUT2D eigenvalue weighted by molar-refractivity contribution is -0.117. The fourth-order valence-electron chi connectivity index (χ4n) is 4.25. The fourth-order valence-corrected chi connectivity index (χ4v) is 4.25. The smallest absolute Gasteiger partial charge is 0.253 e. The molecule has 2 amide bonds. The van der Waals surface area contributed by atoms with Crippen LogP contribution in [0.15, 0.2) is 36.4 Å². The van der Waals surface area contributed by atoms with E-state index < -0.39 is 6.04 Å². The van der Waals surface area contributed by atoms with E-state index in [0.29, 0.717) is 31.5 Å². The van der Waals surface area contributed by atoms with Crippen molar-refractivity contribution in [3.8, 4) is 5.75 Å². The molecule has 2 aliphatic heterocycles. The fraction of sp³-hybridized carbons (Fsp3) is 0.391. The zero-order valence-corrected chi connectivity index (χ0v) is 16.9. The van der Waals surface area contributed by atoms with Crippen LogP contribution in [0.2, 0.25) is 0 Å². The Balaban J connectivity index is 1.55. The largest absolute Gasteiger partial charge is 0.497 e. The Hall–Kier alpha value is -2.86. The number of carbonyl (C=O) groups excluding carboxylic acids is 2. The maximum Gasteiger partial charge on any atom is 0.253 e. The molecular weight excluding hydrogens is 366 g/mol. The van der Waals surface area contributed by atoms with Gasteiger partial charge in [0.15, 0.2) is 0 Å². The highest BCUT2D eigenvalue weighted by atomic mass is 16.5. The van der Waals surface area contributed by atoms with Gasteiger partial charge in [0.05, 0.1) is 13.2 Å². The van der Waals surface area contributed by atoms with Crippen LogP contribution >= 0.6 is 0 Å². The van der Waals surface area contributed by atoms with Crippen LogP contribution in [-0.4, -0.2) is 43.0 Å². The Morgan fingerprint density at radius 3 is 2.79 bits per heavy atom. The molecular formula is C23H27N3O3. The molecule has 0 aliphatic carbocycles. The molecule has 6 heteroatoms. The van der Waals surface area contributed by atoms with Gasteiger partial charge >= 0.3 is 0 Å². The van der Waals surface area contributed by atoms with Crippen LogP contribution in [0.3, 0.4) is 0 Å². The first-order chi connectivity index (χ1) is 14.0.